The van der Waals surface area contributed by atoms with E-state index in [4.69, 9.17) is 9.84 Å². The van der Waals surface area contributed by atoms with Gasteiger partial charge < -0.3 is 9.84 Å². The summed E-state index contributed by atoms with van der Waals surface area (Å²) < 4.78 is 5.31. The van der Waals surface area contributed by atoms with Crippen molar-refractivity contribution in [2.75, 3.05) is 6.61 Å². The predicted octanol–water partition coefficient (Wildman–Crippen LogP) is 1.00. The Balaban J connectivity index is 2.49. The van der Waals surface area contributed by atoms with E-state index in [2.05, 4.69) is 23.8 Å². The smallest absolute Gasteiger partial charge is 0.232 e. The molecule has 0 atom stereocenters. The first-order chi connectivity index (χ1) is 6.22. The van der Waals surface area contributed by atoms with Crippen molar-refractivity contribution >= 4 is 0 Å². The minimum Gasteiger partial charge on any atom is -0.476 e. The summed E-state index contributed by atoms with van der Waals surface area (Å²) in [5.74, 6) is 0.977. The summed E-state index contributed by atoms with van der Waals surface area (Å²) >= 11 is 0. The fraction of sp³-hybridized carbons (Fsp3) is 0.556. The molecule has 1 aromatic rings. The number of nitrogens with zero attached hydrogens (tertiary/aromatic N) is 2. The Hall–Kier alpha value is -1.16. The molecule has 0 amide bonds. The summed E-state index contributed by atoms with van der Waals surface area (Å²) in [6.45, 7) is 4.68. The van der Waals surface area contributed by atoms with E-state index in [9.17, 15) is 0 Å². The van der Waals surface area contributed by atoms with E-state index in [1.54, 1.807) is 0 Å². The molecule has 0 aliphatic heterocycles. The van der Waals surface area contributed by atoms with Crippen LogP contribution in [0.4, 0.5) is 0 Å². The number of hydrogen-bond donors (Lipinski definition) is 1. The SMILES string of the molecule is CC(C)COc1cnc(CO)cn1. The number of aromatic nitrogens is 2. The molecule has 0 spiro atoms. The third-order valence-corrected chi connectivity index (χ3v) is 1.41. The zero-order chi connectivity index (χ0) is 9.68. The number of rotatable bonds is 4. The average Bonchev–Trinajstić information content (AvgIpc) is 2.15. The molecule has 0 radical (unpaired) electrons. The molecule has 1 N–H and O–H groups in total. The maximum absolute atomic E-state index is 8.70. The van der Waals surface area contributed by atoms with Gasteiger partial charge >= 0.3 is 0 Å². The molecule has 4 heteroatoms. The van der Waals surface area contributed by atoms with Crippen molar-refractivity contribution in [2.45, 2.75) is 20.5 Å². The number of aliphatic hydroxyl groups excluding tert-OH is 1. The molecule has 0 fully saturated rings. The molecule has 0 aliphatic rings. The highest BCUT2D eigenvalue weighted by atomic mass is 16.5. The van der Waals surface area contributed by atoms with E-state index in [1.807, 2.05) is 0 Å². The fourth-order valence-corrected chi connectivity index (χ4v) is 0.751. The molecule has 1 heterocycles. The lowest BCUT2D eigenvalue weighted by Crippen LogP contribution is -2.06. The lowest BCUT2D eigenvalue weighted by molar-refractivity contribution is 0.256. The van der Waals surface area contributed by atoms with Crippen molar-refractivity contribution in [1.82, 2.24) is 9.97 Å². The van der Waals surface area contributed by atoms with Gasteiger partial charge in [0.1, 0.15) is 0 Å². The molecule has 1 aromatic heterocycles. The van der Waals surface area contributed by atoms with Crippen molar-refractivity contribution in [3.8, 4) is 5.88 Å². The first-order valence-corrected chi connectivity index (χ1v) is 4.27. The van der Waals surface area contributed by atoms with Crippen LogP contribution < -0.4 is 4.74 Å². The van der Waals surface area contributed by atoms with Gasteiger partial charge in [-0.25, -0.2) is 4.98 Å². The van der Waals surface area contributed by atoms with E-state index in [0.717, 1.165) is 0 Å². The average molecular weight is 182 g/mol. The van der Waals surface area contributed by atoms with Crippen molar-refractivity contribution in [1.29, 1.82) is 0 Å². The Bertz CT molecular complexity index is 246. The zero-order valence-electron chi connectivity index (χ0n) is 7.90. The fourth-order valence-electron chi connectivity index (χ4n) is 0.751. The Morgan fingerprint density at radius 1 is 1.38 bits per heavy atom. The zero-order valence-corrected chi connectivity index (χ0v) is 7.90. The molecule has 0 unspecified atom stereocenters. The van der Waals surface area contributed by atoms with Crippen LogP contribution in [0, 0.1) is 5.92 Å². The first kappa shape index (κ1) is 9.92. The second-order valence-corrected chi connectivity index (χ2v) is 3.21. The van der Waals surface area contributed by atoms with Gasteiger partial charge in [-0.2, -0.15) is 0 Å². The Kier molecular flexibility index (Phi) is 3.64. The highest BCUT2D eigenvalue weighted by Crippen LogP contribution is 2.05. The minimum atomic E-state index is -0.0859. The molecule has 13 heavy (non-hydrogen) atoms. The molecule has 1 rings (SSSR count). The molecule has 4 nitrogen and oxygen atoms in total. The largest absolute Gasteiger partial charge is 0.476 e. The lowest BCUT2D eigenvalue weighted by atomic mass is 10.2. The molecule has 0 saturated carbocycles. The van der Waals surface area contributed by atoms with Gasteiger partial charge in [-0.3, -0.25) is 4.98 Å². The Morgan fingerprint density at radius 2 is 2.15 bits per heavy atom. The van der Waals surface area contributed by atoms with Crippen LogP contribution in [0.5, 0.6) is 5.88 Å². The molecule has 0 saturated heterocycles. The summed E-state index contributed by atoms with van der Waals surface area (Å²) in [6.07, 6.45) is 3.03. The van der Waals surface area contributed by atoms with Gasteiger partial charge in [-0.1, -0.05) is 13.8 Å². The van der Waals surface area contributed by atoms with Gasteiger partial charge in [0.2, 0.25) is 5.88 Å². The van der Waals surface area contributed by atoms with Crippen molar-refractivity contribution in [3.63, 3.8) is 0 Å². The topological polar surface area (TPSA) is 55.2 Å². The number of hydrogen-bond acceptors (Lipinski definition) is 4. The van der Waals surface area contributed by atoms with Crippen molar-refractivity contribution in [2.24, 2.45) is 5.92 Å². The summed E-state index contributed by atoms with van der Waals surface area (Å²) in [6, 6.07) is 0. The maximum atomic E-state index is 8.70. The summed E-state index contributed by atoms with van der Waals surface area (Å²) in [7, 11) is 0. The van der Waals surface area contributed by atoms with E-state index < -0.39 is 0 Å². The normalized spacial score (nSPS) is 10.5. The van der Waals surface area contributed by atoms with Gasteiger partial charge in [-0.05, 0) is 5.92 Å². The molecule has 0 aliphatic carbocycles. The van der Waals surface area contributed by atoms with Crippen molar-refractivity contribution < 1.29 is 9.84 Å². The predicted molar refractivity (Wildman–Crippen MR) is 48.3 cm³/mol. The highest BCUT2D eigenvalue weighted by Gasteiger charge is 1.99. The van der Waals surface area contributed by atoms with Gasteiger partial charge in [0.25, 0.3) is 0 Å². The Labute approximate surface area is 77.6 Å². The van der Waals surface area contributed by atoms with Gasteiger partial charge in [0.05, 0.1) is 31.3 Å². The van der Waals surface area contributed by atoms with E-state index in [0.29, 0.717) is 24.1 Å². The molecular formula is C9H14N2O2. The third-order valence-electron chi connectivity index (χ3n) is 1.41. The van der Waals surface area contributed by atoms with E-state index in [1.165, 1.54) is 12.4 Å². The van der Waals surface area contributed by atoms with E-state index >= 15 is 0 Å². The number of aliphatic hydroxyl groups is 1. The van der Waals surface area contributed by atoms with Crippen LogP contribution in [0.3, 0.4) is 0 Å². The van der Waals surface area contributed by atoms with Crippen LogP contribution in [0.1, 0.15) is 19.5 Å². The maximum Gasteiger partial charge on any atom is 0.232 e. The van der Waals surface area contributed by atoms with Gasteiger partial charge in [-0.15, -0.1) is 0 Å². The van der Waals surface area contributed by atoms with Crippen molar-refractivity contribution in [3.05, 3.63) is 18.1 Å². The van der Waals surface area contributed by atoms with Crippen LogP contribution >= 0.6 is 0 Å². The second-order valence-electron chi connectivity index (χ2n) is 3.21. The second kappa shape index (κ2) is 4.77. The monoisotopic (exact) mass is 182 g/mol. The highest BCUT2D eigenvalue weighted by molar-refractivity contribution is 5.06. The van der Waals surface area contributed by atoms with Crippen LogP contribution in [0.2, 0.25) is 0 Å². The lowest BCUT2D eigenvalue weighted by Gasteiger charge is -2.06. The van der Waals surface area contributed by atoms with Crippen LogP contribution in [0.15, 0.2) is 12.4 Å². The number of ether oxygens (including phenoxy) is 1. The Morgan fingerprint density at radius 3 is 2.62 bits per heavy atom. The van der Waals surface area contributed by atoms with E-state index in [-0.39, 0.29) is 6.61 Å². The molecular weight excluding hydrogens is 168 g/mol. The van der Waals surface area contributed by atoms with Crippen LogP contribution in [0.25, 0.3) is 0 Å². The summed E-state index contributed by atoms with van der Waals surface area (Å²) in [5, 5.41) is 8.70. The summed E-state index contributed by atoms with van der Waals surface area (Å²) in [4.78, 5) is 7.91. The summed E-state index contributed by atoms with van der Waals surface area (Å²) in [5.41, 5.74) is 0.553. The molecule has 0 bridgehead atoms. The minimum absolute atomic E-state index is 0.0859. The van der Waals surface area contributed by atoms with Crippen LogP contribution in [-0.2, 0) is 6.61 Å². The van der Waals surface area contributed by atoms with Gasteiger partial charge in [0, 0.05) is 0 Å². The first-order valence-electron chi connectivity index (χ1n) is 4.27. The molecule has 72 valence electrons. The quantitative estimate of drug-likeness (QED) is 0.754. The third kappa shape index (κ3) is 3.38. The standard InChI is InChI=1S/C9H14N2O2/c1-7(2)6-13-9-4-10-8(5-12)3-11-9/h3-4,7,12H,5-6H2,1-2H3. The molecule has 0 aromatic carbocycles. The van der Waals surface area contributed by atoms with Gasteiger partial charge in [0.15, 0.2) is 0 Å². The van der Waals surface area contributed by atoms with Crippen LogP contribution in [-0.4, -0.2) is 21.7 Å².